The fraction of sp³-hybridized carbons (Fsp3) is 0.333. The van der Waals surface area contributed by atoms with Gasteiger partial charge in [-0.15, -0.1) is 0 Å². The fourth-order valence-electron chi connectivity index (χ4n) is 3.43. The summed E-state index contributed by atoms with van der Waals surface area (Å²) in [5.74, 6) is 1.26. The molecular formula is C18H16BrNO5. The molecule has 1 unspecified atom stereocenters. The summed E-state index contributed by atoms with van der Waals surface area (Å²) in [5, 5.41) is 0. The molecule has 0 saturated carbocycles. The number of hydrogen-bond acceptors (Lipinski definition) is 5. The van der Waals surface area contributed by atoms with E-state index in [9.17, 15) is 9.59 Å². The van der Waals surface area contributed by atoms with Gasteiger partial charge in [0.2, 0.25) is 0 Å². The number of fused-ring (bicyclic) bond motifs is 1. The molecule has 1 aromatic heterocycles. The molecule has 3 heterocycles. The van der Waals surface area contributed by atoms with Crippen molar-refractivity contribution < 1.29 is 23.5 Å². The van der Waals surface area contributed by atoms with Gasteiger partial charge in [0.25, 0.3) is 5.91 Å². The van der Waals surface area contributed by atoms with Gasteiger partial charge in [-0.1, -0.05) is 0 Å². The molecule has 0 aliphatic carbocycles. The Balaban J connectivity index is 1.56. The number of halogens is 1. The number of amides is 1. The van der Waals surface area contributed by atoms with E-state index in [0.29, 0.717) is 41.2 Å². The monoisotopic (exact) mass is 405 g/mol. The highest BCUT2D eigenvalue weighted by Crippen LogP contribution is 2.40. The summed E-state index contributed by atoms with van der Waals surface area (Å²) in [6, 6.07) is 8.53. The van der Waals surface area contributed by atoms with Crippen LogP contribution in [0.25, 0.3) is 0 Å². The molecule has 2 aliphatic heterocycles. The SMILES string of the molecule is COc1ccc2c(c1)C(=O)CC1(CCN(C(=O)c3ccc(Br)o3)C1)O2. The minimum absolute atomic E-state index is 0.00944. The van der Waals surface area contributed by atoms with Gasteiger partial charge in [0, 0.05) is 13.0 Å². The first kappa shape index (κ1) is 16.2. The van der Waals surface area contributed by atoms with Crippen molar-refractivity contribution in [3.05, 3.63) is 46.3 Å². The van der Waals surface area contributed by atoms with Crippen molar-refractivity contribution in [2.75, 3.05) is 20.2 Å². The van der Waals surface area contributed by atoms with Gasteiger partial charge in [0.1, 0.15) is 17.1 Å². The van der Waals surface area contributed by atoms with E-state index in [4.69, 9.17) is 13.9 Å². The molecule has 130 valence electrons. The average Bonchev–Trinajstić information content (AvgIpc) is 3.21. The van der Waals surface area contributed by atoms with E-state index in [1.165, 1.54) is 0 Å². The van der Waals surface area contributed by atoms with E-state index in [1.54, 1.807) is 42.3 Å². The molecule has 0 radical (unpaired) electrons. The predicted octanol–water partition coefficient (Wildman–Crippen LogP) is 3.30. The van der Waals surface area contributed by atoms with Crippen LogP contribution in [-0.4, -0.2) is 42.4 Å². The fourth-order valence-corrected chi connectivity index (χ4v) is 3.74. The quantitative estimate of drug-likeness (QED) is 0.766. The van der Waals surface area contributed by atoms with Gasteiger partial charge in [-0.3, -0.25) is 9.59 Å². The largest absolute Gasteiger partial charge is 0.497 e. The third-order valence-corrected chi connectivity index (χ3v) is 5.11. The predicted molar refractivity (Wildman–Crippen MR) is 92.2 cm³/mol. The Bertz CT molecular complexity index is 861. The number of rotatable bonds is 2. The highest BCUT2D eigenvalue weighted by molar-refractivity contribution is 9.10. The molecule has 0 N–H and O–H groups in total. The van der Waals surface area contributed by atoms with Crippen LogP contribution in [0.4, 0.5) is 0 Å². The zero-order valence-corrected chi connectivity index (χ0v) is 15.2. The number of hydrogen-bond donors (Lipinski definition) is 0. The standard InChI is InChI=1S/C18H16BrNO5/c1-23-11-2-3-14-12(8-11)13(21)9-18(25-14)6-7-20(10-18)17(22)15-4-5-16(19)24-15/h2-5,8H,6-7,9-10H2,1H3. The van der Waals surface area contributed by atoms with E-state index < -0.39 is 5.60 Å². The number of Topliss-reactive ketones (excluding diaryl/α,β-unsaturated/α-hetero) is 1. The molecule has 1 aromatic carbocycles. The molecule has 4 rings (SSSR count). The Morgan fingerprint density at radius 1 is 1.32 bits per heavy atom. The molecule has 7 heteroatoms. The second kappa shape index (κ2) is 5.91. The molecule has 2 aliphatic rings. The van der Waals surface area contributed by atoms with Crippen LogP contribution < -0.4 is 9.47 Å². The molecule has 1 spiro atoms. The van der Waals surface area contributed by atoms with Crippen molar-refractivity contribution >= 4 is 27.6 Å². The van der Waals surface area contributed by atoms with Crippen LogP contribution in [0.3, 0.4) is 0 Å². The Hall–Kier alpha value is -2.28. The van der Waals surface area contributed by atoms with E-state index in [-0.39, 0.29) is 23.9 Å². The van der Waals surface area contributed by atoms with Crippen molar-refractivity contribution in [1.29, 1.82) is 0 Å². The van der Waals surface area contributed by atoms with Crippen LogP contribution in [-0.2, 0) is 0 Å². The van der Waals surface area contributed by atoms with Gasteiger partial charge in [0.05, 0.1) is 25.6 Å². The maximum Gasteiger partial charge on any atom is 0.289 e. The Morgan fingerprint density at radius 3 is 2.88 bits per heavy atom. The van der Waals surface area contributed by atoms with Crippen molar-refractivity contribution in [2.24, 2.45) is 0 Å². The lowest BCUT2D eigenvalue weighted by Crippen LogP contribution is -2.45. The van der Waals surface area contributed by atoms with Crippen LogP contribution in [0, 0.1) is 0 Å². The minimum Gasteiger partial charge on any atom is -0.497 e. The number of ether oxygens (including phenoxy) is 2. The number of nitrogens with zero attached hydrogens (tertiary/aromatic N) is 1. The summed E-state index contributed by atoms with van der Waals surface area (Å²) in [6.07, 6.45) is 0.858. The van der Waals surface area contributed by atoms with E-state index >= 15 is 0 Å². The third kappa shape index (κ3) is 2.82. The summed E-state index contributed by atoms with van der Waals surface area (Å²) in [5.41, 5.74) is -0.136. The average molecular weight is 406 g/mol. The van der Waals surface area contributed by atoms with E-state index in [1.807, 2.05) is 0 Å². The molecule has 25 heavy (non-hydrogen) atoms. The van der Waals surface area contributed by atoms with Gasteiger partial charge < -0.3 is 18.8 Å². The smallest absolute Gasteiger partial charge is 0.289 e. The first-order valence-electron chi connectivity index (χ1n) is 7.95. The number of ketones is 1. The molecule has 0 bridgehead atoms. The number of carbonyl (C=O) groups excluding carboxylic acids is 2. The zero-order chi connectivity index (χ0) is 17.6. The second-order valence-electron chi connectivity index (χ2n) is 6.33. The lowest BCUT2D eigenvalue weighted by molar-refractivity contribution is 0.0420. The van der Waals surface area contributed by atoms with Crippen LogP contribution in [0.1, 0.15) is 33.8 Å². The van der Waals surface area contributed by atoms with Crippen LogP contribution in [0.15, 0.2) is 39.4 Å². The van der Waals surface area contributed by atoms with Crippen LogP contribution >= 0.6 is 15.9 Å². The van der Waals surface area contributed by atoms with Gasteiger partial charge in [0.15, 0.2) is 16.2 Å². The highest BCUT2D eigenvalue weighted by atomic mass is 79.9. The lowest BCUT2D eigenvalue weighted by atomic mass is 9.89. The molecule has 1 amide bonds. The maximum absolute atomic E-state index is 12.6. The van der Waals surface area contributed by atoms with Gasteiger partial charge in [-0.05, 0) is 46.3 Å². The molecule has 1 atom stereocenters. The number of furan rings is 1. The van der Waals surface area contributed by atoms with Crippen molar-refractivity contribution in [3.8, 4) is 11.5 Å². The minimum atomic E-state index is -0.668. The van der Waals surface area contributed by atoms with Crippen molar-refractivity contribution in [2.45, 2.75) is 18.4 Å². The Labute approximate surface area is 152 Å². The summed E-state index contributed by atoms with van der Waals surface area (Å²) in [4.78, 5) is 26.8. The van der Waals surface area contributed by atoms with Gasteiger partial charge in [-0.2, -0.15) is 0 Å². The normalized spacial score (nSPS) is 22.0. The van der Waals surface area contributed by atoms with E-state index in [2.05, 4.69) is 15.9 Å². The topological polar surface area (TPSA) is 69.0 Å². The maximum atomic E-state index is 12.6. The Morgan fingerprint density at radius 2 is 2.16 bits per heavy atom. The molecular weight excluding hydrogens is 390 g/mol. The first-order valence-corrected chi connectivity index (χ1v) is 8.74. The highest BCUT2D eigenvalue weighted by Gasteiger charge is 2.47. The van der Waals surface area contributed by atoms with Crippen LogP contribution in [0.5, 0.6) is 11.5 Å². The first-order chi connectivity index (χ1) is 12.0. The summed E-state index contributed by atoms with van der Waals surface area (Å²) in [7, 11) is 1.56. The number of likely N-dealkylation sites (tertiary alicyclic amines) is 1. The zero-order valence-electron chi connectivity index (χ0n) is 13.6. The van der Waals surface area contributed by atoms with Crippen molar-refractivity contribution in [1.82, 2.24) is 4.90 Å². The van der Waals surface area contributed by atoms with Crippen LogP contribution in [0.2, 0.25) is 0 Å². The van der Waals surface area contributed by atoms with Crippen molar-refractivity contribution in [3.63, 3.8) is 0 Å². The number of carbonyl (C=O) groups is 2. The molecule has 2 aromatic rings. The summed E-state index contributed by atoms with van der Waals surface area (Å²) >= 11 is 3.20. The number of methoxy groups -OCH3 is 1. The lowest BCUT2D eigenvalue weighted by Gasteiger charge is -2.34. The van der Waals surface area contributed by atoms with Gasteiger partial charge >= 0.3 is 0 Å². The summed E-state index contributed by atoms with van der Waals surface area (Å²) < 4.78 is 17.2. The number of benzene rings is 1. The molecule has 1 fully saturated rings. The third-order valence-electron chi connectivity index (χ3n) is 4.68. The summed E-state index contributed by atoms with van der Waals surface area (Å²) in [6.45, 7) is 0.886. The van der Waals surface area contributed by atoms with Gasteiger partial charge in [-0.25, -0.2) is 0 Å². The Kier molecular flexibility index (Phi) is 3.83. The second-order valence-corrected chi connectivity index (χ2v) is 7.11. The molecule has 6 nitrogen and oxygen atoms in total. The van der Waals surface area contributed by atoms with E-state index in [0.717, 1.165) is 0 Å². The molecule has 1 saturated heterocycles.